The lowest BCUT2D eigenvalue weighted by Gasteiger charge is -2.27. The van der Waals surface area contributed by atoms with E-state index in [1.165, 1.54) is 4.68 Å². The zero-order valence-electron chi connectivity index (χ0n) is 10.0. The highest BCUT2D eigenvalue weighted by Crippen LogP contribution is 2.15. The Labute approximate surface area is 99.6 Å². The van der Waals surface area contributed by atoms with Gasteiger partial charge >= 0.3 is 5.97 Å². The SMILES string of the molecule is CCC(CC)(NC(=O)Cn1cccn1)C(=O)O. The first-order valence-electron chi connectivity index (χ1n) is 5.56. The minimum absolute atomic E-state index is 0.0298. The van der Waals surface area contributed by atoms with Crippen molar-refractivity contribution in [2.24, 2.45) is 0 Å². The molecule has 1 amide bonds. The monoisotopic (exact) mass is 239 g/mol. The Morgan fingerprint density at radius 2 is 2.06 bits per heavy atom. The summed E-state index contributed by atoms with van der Waals surface area (Å²) in [5.41, 5.74) is -1.18. The number of aromatic nitrogens is 2. The van der Waals surface area contributed by atoms with Crippen LogP contribution in [0.3, 0.4) is 0 Å². The molecule has 0 radical (unpaired) electrons. The van der Waals surface area contributed by atoms with Crippen LogP contribution in [-0.2, 0) is 16.1 Å². The highest BCUT2D eigenvalue weighted by Gasteiger charge is 2.36. The van der Waals surface area contributed by atoms with Crippen LogP contribution < -0.4 is 5.32 Å². The highest BCUT2D eigenvalue weighted by atomic mass is 16.4. The summed E-state index contributed by atoms with van der Waals surface area (Å²) in [6.45, 7) is 3.51. The molecule has 1 aromatic rings. The average Bonchev–Trinajstić information content (AvgIpc) is 2.78. The number of aliphatic carboxylic acids is 1. The molecule has 1 rings (SSSR count). The van der Waals surface area contributed by atoms with E-state index in [0.717, 1.165) is 0 Å². The van der Waals surface area contributed by atoms with Crippen molar-refractivity contribution in [3.63, 3.8) is 0 Å². The van der Waals surface area contributed by atoms with Crippen LogP contribution in [0, 0.1) is 0 Å². The summed E-state index contributed by atoms with van der Waals surface area (Å²) < 4.78 is 1.45. The Bertz CT molecular complexity index is 383. The summed E-state index contributed by atoms with van der Waals surface area (Å²) in [5, 5.41) is 15.6. The first kappa shape index (κ1) is 13.2. The van der Waals surface area contributed by atoms with Gasteiger partial charge in [-0.15, -0.1) is 0 Å². The van der Waals surface area contributed by atoms with E-state index in [-0.39, 0.29) is 12.5 Å². The van der Waals surface area contributed by atoms with Crippen molar-refractivity contribution in [1.82, 2.24) is 15.1 Å². The molecule has 0 spiro atoms. The van der Waals surface area contributed by atoms with E-state index in [0.29, 0.717) is 12.8 Å². The molecule has 1 heterocycles. The molecule has 94 valence electrons. The Balaban J connectivity index is 2.68. The van der Waals surface area contributed by atoms with Crippen molar-refractivity contribution in [1.29, 1.82) is 0 Å². The van der Waals surface area contributed by atoms with Gasteiger partial charge in [0.25, 0.3) is 0 Å². The van der Waals surface area contributed by atoms with Crippen LogP contribution in [0.15, 0.2) is 18.5 Å². The molecule has 6 nitrogen and oxygen atoms in total. The third-order valence-electron chi connectivity index (χ3n) is 2.86. The topological polar surface area (TPSA) is 84.2 Å². The van der Waals surface area contributed by atoms with Gasteiger partial charge in [-0.3, -0.25) is 9.48 Å². The lowest BCUT2D eigenvalue weighted by Crippen LogP contribution is -2.54. The quantitative estimate of drug-likeness (QED) is 0.763. The summed E-state index contributed by atoms with van der Waals surface area (Å²) in [7, 11) is 0. The van der Waals surface area contributed by atoms with Crippen LogP contribution in [0.5, 0.6) is 0 Å². The fourth-order valence-corrected chi connectivity index (χ4v) is 1.63. The van der Waals surface area contributed by atoms with Crippen molar-refractivity contribution in [2.75, 3.05) is 0 Å². The van der Waals surface area contributed by atoms with Crippen LogP contribution in [-0.4, -0.2) is 32.3 Å². The van der Waals surface area contributed by atoms with E-state index >= 15 is 0 Å². The Morgan fingerprint density at radius 3 is 2.47 bits per heavy atom. The molecule has 0 atom stereocenters. The van der Waals surface area contributed by atoms with E-state index in [2.05, 4.69) is 10.4 Å². The molecule has 0 saturated carbocycles. The van der Waals surface area contributed by atoms with Gasteiger partial charge < -0.3 is 10.4 Å². The van der Waals surface area contributed by atoms with Gasteiger partial charge in [0.1, 0.15) is 12.1 Å². The number of rotatable bonds is 6. The molecule has 0 aliphatic carbocycles. The summed E-state index contributed by atoms with van der Waals surface area (Å²) in [6, 6.07) is 1.71. The predicted molar refractivity (Wildman–Crippen MR) is 61.3 cm³/mol. The normalized spacial score (nSPS) is 11.2. The Hall–Kier alpha value is -1.85. The molecule has 0 aliphatic rings. The summed E-state index contributed by atoms with van der Waals surface area (Å²) in [5.74, 6) is -1.35. The highest BCUT2D eigenvalue weighted by molar-refractivity contribution is 5.86. The van der Waals surface area contributed by atoms with E-state index < -0.39 is 11.5 Å². The van der Waals surface area contributed by atoms with Crippen molar-refractivity contribution >= 4 is 11.9 Å². The molecule has 0 aromatic carbocycles. The number of hydrogen-bond donors (Lipinski definition) is 2. The van der Waals surface area contributed by atoms with Gasteiger partial charge in [0.2, 0.25) is 5.91 Å². The first-order chi connectivity index (χ1) is 8.04. The van der Waals surface area contributed by atoms with Gasteiger partial charge in [-0.1, -0.05) is 13.8 Å². The molecule has 1 aromatic heterocycles. The standard InChI is InChI=1S/C11H17N3O3/c1-3-11(4-2,10(16)17)13-9(15)8-14-7-5-6-12-14/h5-7H,3-4,8H2,1-2H3,(H,13,15)(H,16,17). The fraction of sp³-hybridized carbons (Fsp3) is 0.545. The zero-order valence-corrected chi connectivity index (χ0v) is 10.0. The van der Waals surface area contributed by atoms with Gasteiger partial charge in [0.15, 0.2) is 0 Å². The second-order valence-electron chi connectivity index (χ2n) is 3.85. The molecule has 0 aliphatic heterocycles. The smallest absolute Gasteiger partial charge is 0.329 e. The lowest BCUT2D eigenvalue weighted by atomic mass is 9.93. The number of carbonyl (C=O) groups excluding carboxylic acids is 1. The Morgan fingerprint density at radius 1 is 1.41 bits per heavy atom. The maximum absolute atomic E-state index is 11.7. The molecule has 6 heteroatoms. The molecule has 0 bridgehead atoms. The molecule has 0 saturated heterocycles. The molecule has 17 heavy (non-hydrogen) atoms. The van der Waals surface area contributed by atoms with Crippen LogP contribution in [0.2, 0.25) is 0 Å². The van der Waals surface area contributed by atoms with Crippen molar-refractivity contribution in [3.05, 3.63) is 18.5 Å². The van der Waals surface area contributed by atoms with Gasteiger partial charge in [-0.2, -0.15) is 5.10 Å². The molecular weight excluding hydrogens is 222 g/mol. The lowest BCUT2D eigenvalue weighted by molar-refractivity contribution is -0.148. The van der Waals surface area contributed by atoms with Gasteiger partial charge in [0.05, 0.1) is 0 Å². The van der Waals surface area contributed by atoms with Crippen molar-refractivity contribution < 1.29 is 14.7 Å². The van der Waals surface area contributed by atoms with Crippen molar-refractivity contribution in [2.45, 2.75) is 38.8 Å². The van der Waals surface area contributed by atoms with Gasteiger partial charge in [-0.25, -0.2) is 4.79 Å². The number of nitrogens with one attached hydrogen (secondary N) is 1. The summed E-state index contributed by atoms with van der Waals surface area (Å²) >= 11 is 0. The Kier molecular flexibility index (Phi) is 4.25. The number of hydrogen-bond acceptors (Lipinski definition) is 3. The third-order valence-corrected chi connectivity index (χ3v) is 2.86. The van der Waals surface area contributed by atoms with E-state index in [9.17, 15) is 9.59 Å². The number of amides is 1. The predicted octanol–water partition coefficient (Wildman–Crippen LogP) is 0.643. The number of carboxylic acid groups (broad SMARTS) is 1. The van der Waals surface area contributed by atoms with Crippen LogP contribution in [0.1, 0.15) is 26.7 Å². The van der Waals surface area contributed by atoms with E-state index in [1.54, 1.807) is 32.3 Å². The first-order valence-corrected chi connectivity index (χ1v) is 5.56. The minimum atomic E-state index is -1.18. The van der Waals surface area contributed by atoms with Crippen molar-refractivity contribution in [3.8, 4) is 0 Å². The molecule has 0 unspecified atom stereocenters. The number of carbonyl (C=O) groups is 2. The van der Waals surface area contributed by atoms with Crippen LogP contribution >= 0.6 is 0 Å². The van der Waals surface area contributed by atoms with E-state index in [4.69, 9.17) is 5.11 Å². The second kappa shape index (κ2) is 5.47. The van der Waals surface area contributed by atoms with Gasteiger partial charge in [-0.05, 0) is 18.9 Å². The molecule has 0 fully saturated rings. The maximum atomic E-state index is 11.7. The third kappa shape index (κ3) is 3.05. The minimum Gasteiger partial charge on any atom is -0.480 e. The number of nitrogens with zero attached hydrogens (tertiary/aromatic N) is 2. The average molecular weight is 239 g/mol. The van der Waals surface area contributed by atoms with E-state index in [1.807, 2.05) is 0 Å². The zero-order chi connectivity index (χ0) is 12.9. The fourth-order valence-electron chi connectivity index (χ4n) is 1.63. The number of carboxylic acids is 1. The largest absolute Gasteiger partial charge is 0.480 e. The molecular formula is C11H17N3O3. The maximum Gasteiger partial charge on any atom is 0.329 e. The van der Waals surface area contributed by atoms with Crippen LogP contribution in [0.4, 0.5) is 0 Å². The van der Waals surface area contributed by atoms with Gasteiger partial charge in [0, 0.05) is 12.4 Å². The summed E-state index contributed by atoms with van der Waals surface area (Å²) in [4.78, 5) is 22.9. The molecule has 2 N–H and O–H groups in total. The van der Waals surface area contributed by atoms with Crippen LogP contribution in [0.25, 0.3) is 0 Å². The second-order valence-corrected chi connectivity index (χ2v) is 3.85. The summed E-state index contributed by atoms with van der Waals surface area (Å²) in [6.07, 6.45) is 3.92.